The molecule has 2 aromatic heterocycles. The van der Waals surface area contributed by atoms with Crippen molar-refractivity contribution in [1.29, 1.82) is 0 Å². The van der Waals surface area contributed by atoms with Crippen molar-refractivity contribution in [2.24, 2.45) is 0 Å². The number of aromatic nitrogens is 3. The van der Waals surface area contributed by atoms with Gasteiger partial charge in [-0.3, -0.25) is 0 Å². The van der Waals surface area contributed by atoms with Crippen LogP contribution in [-0.4, -0.2) is 27.0 Å². The Morgan fingerprint density at radius 3 is 2.50 bits per heavy atom. The molecule has 3 heterocycles. The van der Waals surface area contributed by atoms with Crippen molar-refractivity contribution in [2.75, 3.05) is 6.54 Å². The van der Waals surface area contributed by atoms with E-state index in [4.69, 9.17) is 0 Å². The van der Waals surface area contributed by atoms with Crippen molar-refractivity contribution in [3.63, 3.8) is 0 Å². The van der Waals surface area contributed by atoms with E-state index in [1.54, 1.807) is 0 Å². The molecular weight excluding hydrogens is 300 g/mol. The standard InChI is InChI=1S/C16H16N4.ClH.H2O/c1-10-18-14-9-13(11-5-3-2-4-6-11)20-16(14)15(19-10)12-7-8-17-12;;/h2-6,9,12,17,20H,7-8H2,1H3;1H;1H2. The van der Waals surface area contributed by atoms with Gasteiger partial charge in [0.1, 0.15) is 5.82 Å². The molecule has 116 valence electrons. The molecule has 0 saturated carbocycles. The van der Waals surface area contributed by atoms with Gasteiger partial charge in [0.05, 0.1) is 22.8 Å². The van der Waals surface area contributed by atoms with E-state index in [1.807, 2.05) is 25.1 Å². The summed E-state index contributed by atoms with van der Waals surface area (Å²) in [5.74, 6) is 0.833. The van der Waals surface area contributed by atoms with Crippen LogP contribution in [0.4, 0.5) is 0 Å². The smallest absolute Gasteiger partial charge is 0.126 e. The highest BCUT2D eigenvalue weighted by Gasteiger charge is 2.24. The zero-order valence-corrected chi connectivity index (χ0v) is 13.1. The van der Waals surface area contributed by atoms with E-state index in [9.17, 15) is 0 Å². The van der Waals surface area contributed by atoms with Crippen LogP contribution in [0.2, 0.25) is 0 Å². The molecule has 1 unspecified atom stereocenters. The van der Waals surface area contributed by atoms with E-state index in [2.05, 4.69) is 38.5 Å². The van der Waals surface area contributed by atoms with Crippen LogP contribution >= 0.6 is 12.4 Å². The van der Waals surface area contributed by atoms with Gasteiger partial charge in [-0.25, -0.2) is 9.97 Å². The molecule has 0 aliphatic carbocycles. The number of nitrogens with zero attached hydrogens (tertiary/aromatic N) is 2. The number of hydrogen-bond acceptors (Lipinski definition) is 3. The average Bonchev–Trinajstić information content (AvgIpc) is 2.81. The van der Waals surface area contributed by atoms with Crippen LogP contribution in [0.5, 0.6) is 0 Å². The predicted octanol–water partition coefficient (Wildman–Crippen LogP) is 2.56. The predicted molar refractivity (Wildman–Crippen MR) is 90.3 cm³/mol. The van der Waals surface area contributed by atoms with Crippen LogP contribution in [0.15, 0.2) is 36.4 Å². The summed E-state index contributed by atoms with van der Waals surface area (Å²) in [6.45, 7) is 3.03. The third-order valence-electron chi connectivity index (χ3n) is 3.86. The monoisotopic (exact) mass is 318 g/mol. The number of aryl methyl sites for hydroxylation is 1. The molecule has 0 spiro atoms. The highest BCUT2D eigenvalue weighted by Crippen LogP contribution is 2.30. The van der Waals surface area contributed by atoms with E-state index in [1.165, 1.54) is 5.56 Å². The van der Waals surface area contributed by atoms with Gasteiger partial charge in [0.15, 0.2) is 0 Å². The average molecular weight is 319 g/mol. The van der Waals surface area contributed by atoms with Crippen molar-refractivity contribution in [2.45, 2.75) is 19.4 Å². The van der Waals surface area contributed by atoms with Gasteiger partial charge in [-0.05, 0) is 31.5 Å². The summed E-state index contributed by atoms with van der Waals surface area (Å²) in [7, 11) is 0. The van der Waals surface area contributed by atoms with Crippen molar-refractivity contribution in [3.05, 3.63) is 47.9 Å². The van der Waals surface area contributed by atoms with E-state index in [-0.39, 0.29) is 17.9 Å². The first-order valence-electron chi connectivity index (χ1n) is 6.97. The number of nitrogens with one attached hydrogen (secondary N) is 2. The zero-order valence-electron chi connectivity index (χ0n) is 12.3. The Bertz CT molecular complexity index is 768. The number of fused-ring (bicyclic) bond motifs is 1. The third-order valence-corrected chi connectivity index (χ3v) is 3.86. The lowest BCUT2D eigenvalue weighted by atomic mass is 10.0. The van der Waals surface area contributed by atoms with Crippen molar-refractivity contribution >= 4 is 23.4 Å². The summed E-state index contributed by atoms with van der Waals surface area (Å²) in [6, 6.07) is 12.8. The topological polar surface area (TPSA) is 85.1 Å². The first-order chi connectivity index (χ1) is 9.81. The molecule has 1 atom stereocenters. The van der Waals surface area contributed by atoms with Crippen molar-refractivity contribution in [3.8, 4) is 11.3 Å². The lowest BCUT2D eigenvalue weighted by Gasteiger charge is -2.27. The number of aromatic amines is 1. The van der Waals surface area contributed by atoms with Crippen molar-refractivity contribution in [1.82, 2.24) is 20.3 Å². The van der Waals surface area contributed by atoms with Crippen LogP contribution in [-0.2, 0) is 0 Å². The largest absolute Gasteiger partial charge is 0.412 e. The lowest BCUT2D eigenvalue weighted by molar-refractivity contribution is 0.376. The molecule has 1 aliphatic rings. The molecule has 1 aliphatic heterocycles. The summed E-state index contributed by atoms with van der Waals surface area (Å²) in [5, 5.41) is 3.42. The van der Waals surface area contributed by atoms with Gasteiger partial charge in [-0.2, -0.15) is 0 Å². The quantitative estimate of drug-likeness (QED) is 0.761. The molecule has 22 heavy (non-hydrogen) atoms. The van der Waals surface area contributed by atoms with Crippen LogP contribution in [0, 0.1) is 6.92 Å². The summed E-state index contributed by atoms with van der Waals surface area (Å²) in [4.78, 5) is 12.7. The molecule has 6 heteroatoms. The Morgan fingerprint density at radius 2 is 1.86 bits per heavy atom. The molecule has 4 rings (SSSR count). The minimum Gasteiger partial charge on any atom is -0.412 e. The Morgan fingerprint density at radius 1 is 1.14 bits per heavy atom. The maximum Gasteiger partial charge on any atom is 0.126 e. The number of H-pyrrole nitrogens is 1. The maximum absolute atomic E-state index is 4.63. The zero-order chi connectivity index (χ0) is 13.5. The lowest BCUT2D eigenvalue weighted by Crippen LogP contribution is -2.35. The Hall–Kier alpha value is -1.95. The van der Waals surface area contributed by atoms with Gasteiger partial charge in [0, 0.05) is 5.69 Å². The third kappa shape index (κ3) is 2.70. The number of halogens is 1. The molecule has 4 N–H and O–H groups in total. The molecule has 0 amide bonds. The highest BCUT2D eigenvalue weighted by atomic mass is 35.5. The first-order valence-corrected chi connectivity index (χ1v) is 6.97. The molecular formula is C16H19ClN4O. The van der Waals surface area contributed by atoms with E-state index in [0.29, 0.717) is 6.04 Å². The van der Waals surface area contributed by atoms with E-state index < -0.39 is 0 Å². The molecule has 3 aromatic rings. The van der Waals surface area contributed by atoms with Crippen LogP contribution in [0.3, 0.4) is 0 Å². The van der Waals surface area contributed by atoms with E-state index in [0.717, 1.165) is 41.2 Å². The second-order valence-corrected chi connectivity index (χ2v) is 5.26. The van der Waals surface area contributed by atoms with Crippen molar-refractivity contribution < 1.29 is 5.48 Å². The molecule has 0 bridgehead atoms. The fraction of sp³-hybridized carbons (Fsp3) is 0.250. The van der Waals surface area contributed by atoms with Gasteiger partial charge in [0.25, 0.3) is 0 Å². The Kier molecular flexibility index (Phi) is 4.81. The van der Waals surface area contributed by atoms with Crippen LogP contribution < -0.4 is 5.32 Å². The highest BCUT2D eigenvalue weighted by molar-refractivity contribution is 5.85. The first kappa shape index (κ1) is 16.4. The summed E-state index contributed by atoms with van der Waals surface area (Å²) in [5.41, 5.74) is 5.43. The molecule has 0 radical (unpaired) electrons. The van der Waals surface area contributed by atoms with E-state index >= 15 is 0 Å². The number of benzene rings is 1. The number of rotatable bonds is 2. The Labute approximate surface area is 134 Å². The fourth-order valence-electron chi connectivity index (χ4n) is 2.70. The van der Waals surface area contributed by atoms with Gasteiger partial charge < -0.3 is 15.8 Å². The molecule has 1 fully saturated rings. The summed E-state index contributed by atoms with van der Waals surface area (Å²) >= 11 is 0. The van der Waals surface area contributed by atoms with Gasteiger partial charge in [0.2, 0.25) is 0 Å². The van der Waals surface area contributed by atoms with Gasteiger partial charge >= 0.3 is 0 Å². The number of hydrogen-bond donors (Lipinski definition) is 2. The molecule has 1 saturated heterocycles. The molecule has 1 aromatic carbocycles. The van der Waals surface area contributed by atoms with Crippen LogP contribution in [0.25, 0.3) is 22.3 Å². The Balaban J connectivity index is 0.000000882. The normalized spacial score (nSPS) is 16.5. The second-order valence-electron chi connectivity index (χ2n) is 5.26. The summed E-state index contributed by atoms with van der Waals surface area (Å²) in [6.07, 6.45) is 1.14. The summed E-state index contributed by atoms with van der Waals surface area (Å²) < 4.78 is 0. The minimum atomic E-state index is 0. The van der Waals surface area contributed by atoms with Gasteiger partial charge in [-0.15, -0.1) is 12.4 Å². The minimum absolute atomic E-state index is 0. The molecule has 5 nitrogen and oxygen atoms in total. The van der Waals surface area contributed by atoms with Crippen LogP contribution in [0.1, 0.15) is 24.0 Å². The van der Waals surface area contributed by atoms with Gasteiger partial charge in [-0.1, -0.05) is 30.3 Å². The second kappa shape index (κ2) is 6.44. The SMILES string of the molecule is Cc1nc(C2CCN2)c2[nH]c(-c3ccccc3)cc2n1.Cl.O. The fourth-order valence-corrected chi connectivity index (χ4v) is 2.70. The maximum atomic E-state index is 4.63.